The lowest BCUT2D eigenvalue weighted by atomic mass is 9.88. The van der Waals surface area contributed by atoms with E-state index in [-0.39, 0.29) is 11.9 Å². The number of amides is 1. The summed E-state index contributed by atoms with van der Waals surface area (Å²) in [4.78, 5) is 17.5. The van der Waals surface area contributed by atoms with E-state index in [0.717, 1.165) is 24.3 Å². The highest BCUT2D eigenvalue weighted by Gasteiger charge is 2.36. The second-order valence-electron chi connectivity index (χ2n) is 7.33. The minimum Gasteiger partial charge on any atom is -0.497 e. The van der Waals surface area contributed by atoms with Crippen LogP contribution in [0.4, 0.5) is 0 Å². The quantitative estimate of drug-likeness (QED) is 0.820. The molecule has 1 aromatic heterocycles. The van der Waals surface area contributed by atoms with Gasteiger partial charge in [0.05, 0.1) is 13.4 Å². The first-order chi connectivity index (χ1) is 12.5. The zero-order valence-corrected chi connectivity index (χ0v) is 16.0. The second kappa shape index (κ2) is 7.96. The van der Waals surface area contributed by atoms with Crippen LogP contribution in [0.25, 0.3) is 0 Å². The Kier molecular flexibility index (Phi) is 5.67. The molecule has 5 nitrogen and oxygen atoms in total. The van der Waals surface area contributed by atoms with Gasteiger partial charge in [0.25, 0.3) is 5.91 Å². The van der Waals surface area contributed by atoms with E-state index < -0.39 is 0 Å². The number of furan rings is 1. The lowest BCUT2D eigenvalue weighted by molar-refractivity contribution is 0.0290. The number of hydrogen-bond donors (Lipinski definition) is 0. The largest absolute Gasteiger partial charge is 0.497 e. The molecular weight excluding hydrogens is 328 g/mol. The van der Waals surface area contributed by atoms with Gasteiger partial charge in [-0.05, 0) is 56.1 Å². The van der Waals surface area contributed by atoms with E-state index >= 15 is 0 Å². The van der Waals surface area contributed by atoms with Crippen molar-refractivity contribution in [3.8, 4) is 5.75 Å². The molecular formula is C21H28N2O3. The summed E-state index contributed by atoms with van der Waals surface area (Å²) in [5, 5.41) is 0. The first-order valence-electron chi connectivity index (χ1n) is 9.17. The van der Waals surface area contributed by atoms with Gasteiger partial charge in [0, 0.05) is 25.2 Å². The third kappa shape index (κ3) is 3.93. The molecule has 26 heavy (non-hydrogen) atoms. The Morgan fingerprint density at radius 1 is 1.27 bits per heavy atom. The third-order valence-corrected chi connectivity index (χ3v) is 5.47. The van der Waals surface area contributed by atoms with Crippen LogP contribution in [-0.4, -0.2) is 48.5 Å². The van der Waals surface area contributed by atoms with Gasteiger partial charge in [-0.3, -0.25) is 4.79 Å². The van der Waals surface area contributed by atoms with Crippen molar-refractivity contribution in [1.29, 1.82) is 0 Å². The van der Waals surface area contributed by atoms with Crippen LogP contribution in [0.15, 0.2) is 47.1 Å². The summed E-state index contributed by atoms with van der Waals surface area (Å²) in [6.45, 7) is 6.00. The molecule has 1 aliphatic rings. The predicted octanol–water partition coefficient (Wildman–Crippen LogP) is 3.66. The van der Waals surface area contributed by atoms with Crippen molar-refractivity contribution >= 4 is 5.91 Å². The van der Waals surface area contributed by atoms with Crippen molar-refractivity contribution < 1.29 is 13.9 Å². The number of likely N-dealkylation sites (tertiary alicyclic amines) is 1. The fourth-order valence-electron chi connectivity index (χ4n) is 3.76. The summed E-state index contributed by atoms with van der Waals surface area (Å²) in [6.07, 6.45) is 2.51. The molecule has 0 spiro atoms. The lowest BCUT2D eigenvalue weighted by Crippen LogP contribution is -2.53. The maximum Gasteiger partial charge on any atom is 0.290 e. The number of carbonyl (C=O) groups is 1. The average Bonchev–Trinajstić information content (AvgIpc) is 3.18. The molecule has 1 aromatic carbocycles. The molecule has 0 aliphatic carbocycles. The zero-order chi connectivity index (χ0) is 18.7. The number of ether oxygens (including phenoxy) is 1. The topological polar surface area (TPSA) is 45.9 Å². The molecule has 1 saturated heterocycles. The Balaban J connectivity index is 1.87. The number of hydrogen-bond acceptors (Lipinski definition) is 4. The maximum absolute atomic E-state index is 13.2. The van der Waals surface area contributed by atoms with E-state index in [1.165, 1.54) is 0 Å². The normalized spacial score (nSPS) is 23.6. The van der Waals surface area contributed by atoms with Gasteiger partial charge in [-0.2, -0.15) is 0 Å². The first-order valence-corrected chi connectivity index (χ1v) is 9.17. The summed E-state index contributed by atoms with van der Waals surface area (Å²) in [7, 11) is 3.81. The van der Waals surface area contributed by atoms with Crippen molar-refractivity contribution in [3.05, 3.63) is 54.0 Å². The number of carbonyl (C=O) groups excluding carboxylic acids is 1. The standard InChI is InChI=1S/C21H28N2O3/c1-15-13-22(3)16(2)12-19(15)23(21(24)20-6-5-11-26-20)14-17-7-9-18(25-4)10-8-17/h5-11,15-16,19H,12-14H2,1-4H3/t15-,16+,19+/m1/s1. The molecule has 1 amide bonds. The van der Waals surface area contributed by atoms with Crippen molar-refractivity contribution in [1.82, 2.24) is 9.80 Å². The average molecular weight is 356 g/mol. The molecule has 140 valence electrons. The minimum absolute atomic E-state index is 0.0422. The van der Waals surface area contributed by atoms with Crippen LogP contribution in [0.3, 0.4) is 0 Å². The molecule has 1 fully saturated rings. The molecule has 2 heterocycles. The Labute approximate surface area is 155 Å². The summed E-state index contributed by atoms with van der Waals surface area (Å²) < 4.78 is 10.6. The van der Waals surface area contributed by atoms with E-state index in [1.807, 2.05) is 29.2 Å². The van der Waals surface area contributed by atoms with Crippen LogP contribution >= 0.6 is 0 Å². The summed E-state index contributed by atoms with van der Waals surface area (Å²) in [5.41, 5.74) is 1.09. The monoisotopic (exact) mass is 356 g/mol. The minimum atomic E-state index is -0.0422. The summed E-state index contributed by atoms with van der Waals surface area (Å²) in [6, 6.07) is 12.0. The van der Waals surface area contributed by atoms with Crippen LogP contribution in [-0.2, 0) is 6.54 Å². The Hall–Kier alpha value is -2.27. The van der Waals surface area contributed by atoms with Gasteiger partial charge in [0.2, 0.25) is 0 Å². The van der Waals surface area contributed by atoms with E-state index in [0.29, 0.717) is 24.3 Å². The number of benzene rings is 1. The van der Waals surface area contributed by atoms with Gasteiger partial charge in [-0.1, -0.05) is 19.1 Å². The van der Waals surface area contributed by atoms with Gasteiger partial charge in [0.1, 0.15) is 5.75 Å². The van der Waals surface area contributed by atoms with Crippen LogP contribution < -0.4 is 4.74 Å². The van der Waals surface area contributed by atoms with Gasteiger partial charge in [0.15, 0.2) is 5.76 Å². The third-order valence-electron chi connectivity index (χ3n) is 5.47. The zero-order valence-electron chi connectivity index (χ0n) is 16.0. The first kappa shape index (κ1) is 18.5. The highest BCUT2D eigenvalue weighted by molar-refractivity contribution is 5.91. The van der Waals surface area contributed by atoms with Gasteiger partial charge in [-0.25, -0.2) is 0 Å². The fourth-order valence-corrected chi connectivity index (χ4v) is 3.76. The fraction of sp³-hybridized carbons (Fsp3) is 0.476. The predicted molar refractivity (Wildman–Crippen MR) is 101 cm³/mol. The van der Waals surface area contributed by atoms with Crippen molar-refractivity contribution in [3.63, 3.8) is 0 Å². The van der Waals surface area contributed by atoms with Gasteiger partial charge >= 0.3 is 0 Å². The number of nitrogens with zero attached hydrogens (tertiary/aromatic N) is 2. The Morgan fingerprint density at radius 2 is 2.00 bits per heavy atom. The Bertz CT molecular complexity index is 711. The molecule has 5 heteroatoms. The molecule has 2 aromatic rings. The van der Waals surface area contributed by atoms with Crippen molar-refractivity contribution in [2.45, 2.75) is 38.9 Å². The van der Waals surface area contributed by atoms with E-state index in [1.54, 1.807) is 25.5 Å². The smallest absolute Gasteiger partial charge is 0.290 e. The maximum atomic E-state index is 13.2. The van der Waals surface area contributed by atoms with Gasteiger partial charge in [-0.15, -0.1) is 0 Å². The van der Waals surface area contributed by atoms with Crippen LogP contribution in [0.2, 0.25) is 0 Å². The molecule has 3 atom stereocenters. The van der Waals surface area contributed by atoms with Crippen molar-refractivity contribution in [2.24, 2.45) is 5.92 Å². The number of piperidine rings is 1. The summed E-state index contributed by atoms with van der Waals surface area (Å²) >= 11 is 0. The Morgan fingerprint density at radius 3 is 2.62 bits per heavy atom. The van der Waals surface area contributed by atoms with E-state index in [9.17, 15) is 4.79 Å². The second-order valence-corrected chi connectivity index (χ2v) is 7.33. The molecule has 0 saturated carbocycles. The van der Waals surface area contributed by atoms with Crippen molar-refractivity contribution in [2.75, 3.05) is 20.7 Å². The van der Waals surface area contributed by atoms with Crippen LogP contribution in [0.1, 0.15) is 36.4 Å². The van der Waals surface area contributed by atoms with Gasteiger partial charge < -0.3 is 19.0 Å². The molecule has 3 rings (SSSR count). The van der Waals surface area contributed by atoms with E-state index in [2.05, 4.69) is 25.8 Å². The van der Waals surface area contributed by atoms with E-state index in [4.69, 9.17) is 9.15 Å². The highest BCUT2D eigenvalue weighted by atomic mass is 16.5. The lowest BCUT2D eigenvalue weighted by Gasteiger charge is -2.44. The molecule has 0 radical (unpaired) electrons. The molecule has 1 aliphatic heterocycles. The molecule has 0 bridgehead atoms. The number of methoxy groups -OCH3 is 1. The molecule has 0 unspecified atom stereocenters. The van der Waals surface area contributed by atoms with Crippen LogP contribution in [0.5, 0.6) is 5.75 Å². The highest BCUT2D eigenvalue weighted by Crippen LogP contribution is 2.28. The number of rotatable bonds is 5. The SMILES string of the molecule is COc1ccc(CN(C(=O)c2ccco2)[C@H]2C[C@H](C)N(C)C[C@H]2C)cc1. The molecule has 0 N–H and O–H groups in total. The summed E-state index contributed by atoms with van der Waals surface area (Å²) in [5.74, 6) is 1.57. The van der Waals surface area contributed by atoms with Crippen LogP contribution in [0, 0.1) is 5.92 Å².